The molecule has 0 atom stereocenters. The smallest absolute Gasteiger partial charge is 0.272 e. The van der Waals surface area contributed by atoms with E-state index in [0.717, 1.165) is 17.7 Å². The number of H-pyrrole nitrogens is 1. The van der Waals surface area contributed by atoms with Crippen molar-refractivity contribution in [1.29, 1.82) is 0 Å². The molecule has 0 aliphatic heterocycles. The van der Waals surface area contributed by atoms with Crippen molar-refractivity contribution in [1.82, 2.24) is 15.5 Å². The van der Waals surface area contributed by atoms with Crippen molar-refractivity contribution in [2.45, 2.75) is 20.3 Å². The van der Waals surface area contributed by atoms with E-state index in [1.807, 2.05) is 32.0 Å². The van der Waals surface area contributed by atoms with Gasteiger partial charge in [0.15, 0.2) is 5.69 Å². The molecule has 1 aromatic carbocycles. The summed E-state index contributed by atoms with van der Waals surface area (Å²) in [4.78, 5) is 11.9. The van der Waals surface area contributed by atoms with E-state index in [1.54, 1.807) is 0 Å². The monoisotopic (exact) mass is 243 g/mol. The largest absolute Gasteiger partial charge is 0.350 e. The van der Waals surface area contributed by atoms with Gasteiger partial charge in [0.1, 0.15) is 0 Å². The molecule has 2 rings (SSSR count). The van der Waals surface area contributed by atoms with Crippen LogP contribution in [0.3, 0.4) is 0 Å². The number of rotatable bonds is 4. The minimum absolute atomic E-state index is 0.118. The van der Waals surface area contributed by atoms with Crippen molar-refractivity contribution in [3.8, 4) is 0 Å². The number of benzene rings is 1. The van der Waals surface area contributed by atoms with Crippen LogP contribution in [0.5, 0.6) is 0 Å². The maximum Gasteiger partial charge on any atom is 0.272 e. The van der Waals surface area contributed by atoms with Crippen LogP contribution in [0.4, 0.5) is 0 Å². The predicted molar refractivity (Wildman–Crippen MR) is 70.5 cm³/mol. The lowest BCUT2D eigenvalue weighted by molar-refractivity contribution is 0.0948. The Morgan fingerprint density at radius 2 is 2.00 bits per heavy atom. The highest BCUT2D eigenvalue weighted by Gasteiger charge is 2.13. The average Bonchev–Trinajstić information content (AvgIpc) is 2.71. The van der Waals surface area contributed by atoms with E-state index < -0.39 is 0 Å². The van der Waals surface area contributed by atoms with Crippen molar-refractivity contribution in [3.63, 3.8) is 0 Å². The second kappa shape index (κ2) is 5.49. The van der Waals surface area contributed by atoms with Crippen LogP contribution in [0, 0.1) is 13.8 Å². The maximum atomic E-state index is 11.9. The quantitative estimate of drug-likeness (QED) is 0.863. The molecule has 0 unspecified atom stereocenters. The molecule has 4 heteroatoms. The Kier molecular flexibility index (Phi) is 3.77. The molecule has 4 nitrogen and oxygen atoms in total. The van der Waals surface area contributed by atoms with Gasteiger partial charge in [0.05, 0.1) is 0 Å². The van der Waals surface area contributed by atoms with Gasteiger partial charge in [0.25, 0.3) is 5.91 Å². The van der Waals surface area contributed by atoms with Crippen LogP contribution in [-0.2, 0) is 6.42 Å². The Hall–Kier alpha value is -2.10. The summed E-state index contributed by atoms with van der Waals surface area (Å²) in [7, 11) is 0. The molecule has 2 aromatic rings. The SMILES string of the molecule is Cc1[nH]nc(C(=O)NCCc2ccccc2)c1C. The van der Waals surface area contributed by atoms with E-state index in [9.17, 15) is 4.79 Å². The van der Waals surface area contributed by atoms with Gasteiger partial charge in [-0.15, -0.1) is 0 Å². The van der Waals surface area contributed by atoms with Crippen molar-refractivity contribution in [2.75, 3.05) is 6.54 Å². The Bertz CT molecular complexity index is 531. The minimum Gasteiger partial charge on any atom is -0.350 e. The van der Waals surface area contributed by atoms with Gasteiger partial charge < -0.3 is 5.32 Å². The highest BCUT2D eigenvalue weighted by atomic mass is 16.1. The lowest BCUT2D eigenvalue weighted by atomic mass is 10.1. The second-order valence-electron chi connectivity index (χ2n) is 4.31. The van der Waals surface area contributed by atoms with E-state index in [0.29, 0.717) is 12.2 Å². The summed E-state index contributed by atoms with van der Waals surface area (Å²) in [5, 5.41) is 9.70. The fourth-order valence-electron chi connectivity index (χ4n) is 1.75. The van der Waals surface area contributed by atoms with Gasteiger partial charge in [-0.25, -0.2) is 0 Å². The molecular formula is C14H17N3O. The highest BCUT2D eigenvalue weighted by molar-refractivity contribution is 5.93. The predicted octanol–water partition coefficient (Wildman–Crippen LogP) is 2.00. The molecule has 0 aliphatic rings. The second-order valence-corrected chi connectivity index (χ2v) is 4.31. The number of aryl methyl sites for hydroxylation is 1. The first-order valence-corrected chi connectivity index (χ1v) is 6.02. The number of carbonyl (C=O) groups excluding carboxylic acids is 1. The number of nitrogens with one attached hydrogen (secondary N) is 2. The van der Waals surface area contributed by atoms with Crippen molar-refractivity contribution < 1.29 is 4.79 Å². The van der Waals surface area contributed by atoms with E-state index in [4.69, 9.17) is 0 Å². The van der Waals surface area contributed by atoms with Crippen LogP contribution >= 0.6 is 0 Å². The van der Waals surface area contributed by atoms with Gasteiger partial charge >= 0.3 is 0 Å². The third-order valence-electron chi connectivity index (χ3n) is 3.01. The zero-order chi connectivity index (χ0) is 13.0. The molecule has 1 aromatic heterocycles. The molecular weight excluding hydrogens is 226 g/mol. The summed E-state index contributed by atoms with van der Waals surface area (Å²) in [6.07, 6.45) is 0.828. The molecule has 0 aliphatic carbocycles. The molecule has 0 bridgehead atoms. The number of aromatic amines is 1. The van der Waals surface area contributed by atoms with E-state index in [-0.39, 0.29) is 5.91 Å². The van der Waals surface area contributed by atoms with E-state index in [1.165, 1.54) is 5.56 Å². The van der Waals surface area contributed by atoms with Crippen molar-refractivity contribution in [3.05, 3.63) is 52.8 Å². The number of amides is 1. The molecule has 0 radical (unpaired) electrons. The normalized spacial score (nSPS) is 10.3. The summed E-state index contributed by atoms with van der Waals surface area (Å²) in [6, 6.07) is 10.1. The summed E-state index contributed by atoms with van der Waals surface area (Å²) in [5.41, 5.74) is 3.55. The Morgan fingerprint density at radius 1 is 1.28 bits per heavy atom. The molecule has 2 N–H and O–H groups in total. The third-order valence-corrected chi connectivity index (χ3v) is 3.01. The zero-order valence-electron chi connectivity index (χ0n) is 10.7. The van der Waals surface area contributed by atoms with Gasteiger partial charge in [-0.3, -0.25) is 9.89 Å². The number of nitrogens with zero attached hydrogens (tertiary/aromatic N) is 1. The van der Waals surface area contributed by atoms with Crippen LogP contribution in [0.25, 0.3) is 0 Å². The van der Waals surface area contributed by atoms with Gasteiger partial charge in [-0.2, -0.15) is 5.10 Å². The Morgan fingerprint density at radius 3 is 2.61 bits per heavy atom. The molecule has 0 fully saturated rings. The average molecular weight is 243 g/mol. The van der Waals surface area contributed by atoms with E-state index in [2.05, 4.69) is 27.6 Å². The minimum atomic E-state index is -0.118. The molecule has 94 valence electrons. The van der Waals surface area contributed by atoms with Crippen LogP contribution in [0.1, 0.15) is 27.3 Å². The Labute approximate surface area is 106 Å². The Balaban J connectivity index is 1.88. The summed E-state index contributed by atoms with van der Waals surface area (Å²) in [5.74, 6) is -0.118. The molecule has 0 saturated heterocycles. The number of hydrogen-bond donors (Lipinski definition) is 2. The summed E-state index contributed by atoms with van der Waals surface area (Å²) >= 11 is 0. The van der Waals surface area contributed by atoms with Crippen LogP contribution in [-0.4, -0.2) is 22.6 Å². The van der Waals surface area contributed by atoms with Gasteiger partial charge in [0.2, 0.25) is 0 Å². The van der Waals surface area contributed by atoms with Crippen LogP contribution in [0.2, 0.25) is 0 Å². The lowest BCUT2D eigenvalue weighted by Gasteiger charge is -2.04. The van der Waals surface area contributed by atoms with Gasteiger partial charge in [-0.05, 0) is 25.8 Å². The highest BCUT2D eigenvalue weighted by Crippen LogP contribution is 2.07. The van der Waals surface area contributed by atoms with Gasteiger partial charge in [-0.1, -0.05) is 30.3 Å². The standard InChI is InChI=1S/C14H17N3O/c1-10-11(2)16-17-13(10)14(18)15-9-8-12-6-4-3-5-7-12/h3-7H,8-9H2,1-2H3,(H,15,18)(H,16,17). The van der Waals surface area contributed by atoms with Gasteiger partial charge in [0, 0.05) is 17.8 Å². The first-order chi connectivity index (χ1) is 8.68. The fraction of sp³-hybridized carbons (Fsp3) is 0.286. The molecule has 1 amide bonds. The number of aromatic nitrogens is 2. The molecule has 0 saturated carbocycles. The molecule has 18 heavy (non-hydrogen) atoms. The van der Waals surface area contributed by atoms with Crippen molar-refractivity contribution >= 4 is 5.91 Å². The maximum absolute atomic E-state index is 11.9. The summed E-state index contributed by atoms with van der Waals surface area (Å²) < 4.78 is 0. The third kappa shape index (κ3) is 2.77. The molecule has 1 heterocycles. The first-order valence-electron chi connectivity index (χ1n) is 6.02. The number of carbonyl (C=O) groups is 1. The number of hydrogen-bond acceptors (Lipinski definition) is 2. The fourth-order valence-corrected chi connectivity index (χ4v) is 1.75. The molecule has 0 spiro atoms. The first kappa shape index (κ1) is 12.4. The van der Waals surface area contributed by atoms with Crippen LogP contribution < -0.4 is 5.32 Å². The zero-order valence-corrected chi connectivity index (χ0v) is 10.7. The van der Waals surface area contributed by atoms with E-state index >= 15 is 0 Å². The van der Waals surface area contributed by atoms with Crippen molar-refractivity contribution in [2.24, 2.45) is 0 Å². The lowest BCUT2D eigenvalue weighted by Crippen LogP contribution is -2.26. The topological polar surface area (TPSA) is 57.8 Å². The summed E-state index contributed by atoms with van der Waals surface area (Å²) in [6.45, 7) is 4.42. The van der Waals surface area contributed by atoms with Crippen LogP contribution in [0.15, 0.2) is 30.3 Å².